The number of rotatable bonds is 7. The molecule has 2 aliphatic rings. The number of hydrogen-bond acceptors (Lipinski definition) is 6. The van der Waals surface area contributed by atoms with Crippen LogP contribution in [0.2, 0.25) is 0 Å². The maximum atomic E-state index is 12.1. The minimum Gasteiger partial charge on any atom is -0.395 e. The summed E-state index contributed by atoms with van der Waals surface area (Å²) < 4.78 is 4.87. The van der Waals surface area contributed by atoms with E-state index in [2.05, 4.69) is 5.32 Å². The highest BCUT2D eigenvalue weighted by molar-refractivity contribution is 5.94. The van der Waals surface area contributed by atoms with E-state index in [1.807, 2.05) is 0 Å². The van der Waals surface area contributed by atoms with Gasteiger partial charge in [-0.15, -0.1) is 0 Å². The van der Waals surface area contributed by atoms with E-state index >= 15 is 0 Å². The molecule has 1 aromatic rings. The second kappa shape index (κ2) is 7.54. The van der Waals surface area contributed by atoms with Crippen LogP contribution in [-0.2, 0) is 9.59 Å². The van der Waals surface area contributed by atoms with Gasteiger partial charge in [0.25, 0.3) is 5.91 Å². The van der Waals surface area contributed by atoms with E-state index in [0.29, 0.717) is 25.9 Å². The van der Waals surface area contributed by atoms with Crippen LogP contribution in [0.1, 0.15) is 29.8 Å². The average Bonchev–Trinajstić information content (AvgIpc) is 3.19. The molecule has 2 aliphatic heterocycles. The molecule has 2 saturated heterocycles. The van der Waals surface area contributed by atoms with Crippen LogP contribution in [0.25, 0.3) is 0 Å². The number of carbonyl (C=O) groups excluding carboxylic acids is 3. The molecule has 0 radical (unpaired) electrons. The van der Waals surface area contributed by atoms with Crippen LogP contribution in [0.15, 0.2) is 16.5 Å². The van der Waals surface area contributed by atoms with Crippen LogP contribution in [-0.4, -0.2) is 65.2 Å². The summed E-state index contributed by atoms with van der Waals surface area (Å²) in [6.45, 7) is 2.42. The van der Waals surface area contributed by atoms with Crippen molar-refractivity contribution >= 4 is 23.6 Å². The van der Waals surface area contributed by atoms with Crippen molar-refractivity contribution in [2.24, 2.45) is 5.92 Å². The Morgan fingerprint density at radius 2 is 2.12 bits per heavy atom. The zero-order chi connectivity index (χ0) is 18.7. The Bertz CT molecular complexity index is 724. The zero-order valence-electron chi connectivity index (χ0n) is 14.2. The van der Waals surface area contributed by atoms with Gasteiger partial charge in [0.1, 0.15) is 4.92 Å². The van der Waals surface area contributed by atoms with Gasteiger partial charge in [0.2, 0.25) is 11.8 Å². The van der Waals surface area contributed by atoms with Gasteiger partial charge >= 0.3 is 5.88 Å². The normalized spacial score (nSPS) is 17.3. The van der Waals surface area contributed by atoms with E-state index in [9.17, 15) is 24.5 Å². The third-order valence-corrected chi connectivity index (χ3v) is 4.60. The van der Waals surface area contributed by atoms with Crippen LogP contribution >= 0.6 is 0 Å². The van der Waals surface area contributed by atoms with Crippen molar-refractivity contribution in [1.82, 2.24) is 15.1 Å². The third-order valence-electron chi connectivity index (χ3n) is 4.60. The monoisotopic (exact) mass is 364 g/mol. The van der Waals surface area contributed by atoms with Crippen LogP contribution in [0, 0.1) is 16.0 Å². The summed E-state index contributed by atoms with van der Waals surface area (Å²) in [4.78, 5) is 48.7. The highest BCUT2D eigenvalue weighted by Gasteiger charge is 2.37. The Hall–Kier alpha value is -2.91. The minimum atomic E-state index is -0.709. The molecular weight excluding hydrogens is 344 g/mol. The smallest absolute Gasteiger partial charge is 0.395 e. The Labute approximate surface area is 149 Å². The fourth-order valence-electron chi connectivity index (χ4n) is 3.07. The van der Waals surface area contributed by atoms with Gasteiger partial charge in [-0.1, -0.05) is 0 Å². The number of likely N-dealkylation sites (tertiary alicyclic amines) is 2. The predicted molar refractivity (Wildman–Crippen MR) is 88.2 cm³/mol. The van der Waals surface area contributed by atoms with Crippen molar-refractivity contribution in [3.63, 3.8) is 0 Å². The van der Waals surface area contributed by atoms with E-state index in [1.165, 1.54) is 11.0 Å². The fraction of sp³-hybridized carbons (Fsp3) is 0.562. The molecule has 10 nitrogen and oxygen atoms in total. The SMILES string of the molecule is O=C(NCCCN1CCCC1=O)C1CN(C(=O)c2ccc([N+](=O)[O-])o2)C1. The molecule has 0 aromatic carbocycles. The lowest BCUT2D eigenvalue weighted by molar-refractivity contribution is -0.402. The zero-order valence-corrected chi connectivity index (χ0v) is 14.2. The van der Waals surface area contributed by atoms with Gasteiger partial charge in [-0.05, 0) is 18.9 Å². The molecule has 1 N–H and O–H groups in total. The molecular formula is C16H20N4O6. The molecule has 3 rings (SSSR count). The third kappa shape index (κ3) is 3.84. The predicted octanol–water partition coefficient (Wildman–Crippen LogP) is 0.389. The van der Waals surface area contributed by atoms with E-state index in [0.717, 1.165) is 19.0 Å². The lowest BCUT2D eigenvalue weighted by Crippen LogP contribution is -2.55. The molecule has 26 heavy (non-hydrogen) atoms. The standard InChI is InChI=1S/C16H20N4O6/c21-13-3-1-7-18(13)8-2-6-17-15(22)11-9-19(10-11)16(23)12-4-5-14(26-12)20(24)25/h4-5,11H,1-3,6-10H2,(H,17,22). The fourth-order valence-corrected chi connectivity index (χ4v) is 3.07. The molecule has 10 heteroatoms. The summed E-state index contributed by atoms with van der Waals surface area (Å²) in [7, 11) is 0. The molecule has 1 aromatic heterocycles. The minimum absolute atomic E-state index is 0.106. The second-order valence-electron chi connectivity index (χ2n) is 6.43. The summed E-state index contributed by atoms with van der Waals surface area (Å²) in [5, 5.41) is 13.4. The van der Waals surface area contributed by atoms with Crippen molar-refractivity contribution in [2.45, 2.75) is 19.3 Å². The van der Waals surface area contributed by atoms with Gasteiger partial charge in [-0.3, -0.25) is 24.5 Å². The van der Waals surface area contributed by atoms with E-state index in [4.69, 9.17) is 4.42 Å². The van der Waals surface area contributed by atoms with E-state index in [-0.39, 0.29) is 36.6 Å². The quantitative estimate of drug-likeness (QED) is 0.424. The molecule has 0 bridgehead atoms. The van der Waals surface area contributed by atoms with Crippen LogP contribution in [0.3, 0.4) is 0 Å². The number of nitrogens with zero attached hydrogens (tertiary/aromatic N) is 3. The number of hydrogen-bond donors (Lipinski definition) is 1. The molecule has 140 valence electrons. The molecule has 0 spiro atoms. The molecule has 2 fully saturated rings. The highest BCUT2D eigenvalue weighted by Crippen LogP contribution is 2.22. The largest absolute Gasteiger partial charge is 0.433 e. The molecule has 0 saturated carbocycles. The first-order valence-corrected chi connectivity index (χ1v) is 8.54. The topological polar surface area (TPSA) is 126 Å². The van der Waals surface area contributed by atoms with Crippen LogP contribution < -0.4 is 5.32 Å². The van der Waals surface area contributed by atoms with Gasteiger partial charge in [-0.2, -0.15) is 0 Å². The van der Waals surface area contributed by atoms with Gasteiger partial charge in [0, 0.05) is 39.1 Å². The van der Waals surface area contributed by atoms with Gasteiger partial charge < -0.3 is 19.5 Å². The average molecular weight is 364 g/mol. The van der Waals surface area contributed by atoms with Crippen LogP contribution in [0.5, 0.6) is 0 Å². The summed E-state index contributed by atoms with van der Waals surface area (Å²) in [5.41, 5.74) is 0. The van der Waals surface area contributed by atoms with Gasteiger partial charge in [0.15, 0.2) is 5.76 Å². The number of amides is 3. The second-order valence-corrected chi connectivity index (χ2v) is 6.43. The van der Waals surface area contributed by atoms with Crippen molar-refractivity contribution in [2.75, 3.05) is 32.7 Å². The van der Waals surface area contributed by atoms with Gasteiger partial charge in [0.05, 0.1) is 12.0 Å². The molecule has 3 heterocycles. The van der Waals surface area contributed by atoms with Crippen LogP contribution in [0.4, 0.5) is 5.88 Å². The summed E-state index contributed by atoms with van der Waals surface area (Å²) in [6.07, 6.45) is 2.20. The Balaban J connectivity index is 1.35. The number of carbonyl (C=O) groups is 3. The number of furan rings is 1. The first-order chi connectivity index (χ1) is 12.5. The Morgan fingerprint density at radius 1 is 1.35 bits per heavy atom. The summed E-state index contributed by atoms with van der Waals surface area (Å²) in [6, 6.07) is 2.38. The Kier molecular flexibility index (Phi) is 5.19. The molecule has 0 unspecified atom stereocenters. The Morgan fingerprint density at radius 3 is 2.73 bits per heavy atom. The first kappa shape index (κ1) is 17.9. The maximum Gasteiger partial charge on any atom is 0.433 e. The lowest BCUT2D eigenvalue weighted by Gasteiger charge is -2.37. The van der Waals surface area contributed by atoms with Crippen molar-refractivity contribution < 1.29 is 23.7 Å². The van der Waals surface area contributed by atoms with E-state index < -0.39 is 16.7 Å². The first-order valence-electron chi connectivity index (χ1n) is 8.54. The summed E-state index contributed by atoms with van der Waals surface area (Å²) >= 11 is 0. The molecule has 3 amide bonds. The van der Waals surface area contributed by atoms with Crippen molar-refractivity contribution in [1.29, 1.82) is 0 Å². The maximum absolute atomic E-state index is 12.1. The van der Waals surface area contributed by atoms with E-state index in [1.54, 1.807) is 4.90 Å². The van der Waals surface area contributed by atoms with Gasteiger partial charge in [-0.25, -0.2) is 0 Å². The summed E-state index contributed by atoms with van der Waals surface area (Å²) in [5.74, 6) is -1.31. The molecule has 0 aliphatic carbocycles. The number of nitrogens with one attached hydrogen (secondary N) is 1. The van der Waals surface area contributed by atoms with Crippen molar-refractivity contribution in [3.05, 3.63) is 28.0 Å². The molecule has 0 atom stereocenters. The number of nitro groups is 1. The highest BCUT2D eigenvalue weighted by atomic mass is 16.6. The van der Waals surface area contributed by atoms with Crippen molar-refractivity contribution in [3.8, 4) is 0 Å². The lowest BCUT2D eigenvalue weighted by atomic mass is 9.98.